The number of ketones is 1. The minimum Gasteiger partial charge on any atom is -0.365 e. The summed E-state index contributed by atoms with van der Waals surface area (Å²) in [5, 5.41) is 19.0. The fourth-order valence-electron chi connectivity index (χ4n) is 3.61. The van der Waals surface area contributed by atoms with Gasteiger partial charge in [0.25, 0.3) is 11.5 Å². The molecule has 0 aromatic carbocycles. The van der Waals surface area contributed by atoms with Crippen LogP contribution in [0.4, 0.5) is 5.82 Å². The van der Waals surface area contributed by atoms with Crippen molar-refractivity contribution in [2.24, 2.45) is 0 Å². The number of hydrogen-bond acceptors (Lipinski definition) is 11. The van der Waals surface area contributed by atoms with Crippen LogP contribution in [0.1, 0.15) is 31.4 Å². The van der Waals surface area contributed by atoms with Gasteiger partial charge >= 0.3 is 0 Å². The number of anilines is 1. The van der Waals surface area contributed by atoms with Crippen LogP contribution in [0.3, 0.4) is 0 Å². The molecule has 5 heterocycles. The van der Waals surface area contributed by atoms with Gasteiger partial charge in [0.2, 0.25) is 5.78 Å². The molecule has 11 nitrogen and oxygen atoms in total. The summed E-state index contributed by atoms with van der Waals surface area (Å²) in [6.07, 6.45) is 2.65. The third-order valence-corrected chi connectivity index (χ3v) is 7.16. The fourth-order valence-corrected chi connectivity index (χ4v) is 5.16. The molecule has 0 unspecified atom stereocenters. The Morgan fingerprint density at radius 2 is 2.00 bits per heavy atom. The molecular formula is C24H15ClN8O3S2. The van der Waals surface area contributed by atoms with Crippen LogP contribution in [-0.2, 0) is 13.1 Å². The second-order valence-corrected chi connectivity index (χ2v) is 10.2. The van der Waals surface area contributed by atoms with Crippen LogP contribution in [0, 0.1) is 11.3 Å². The van der Waals surface area contributed by atoms with Crippen molar-refractivity contribution in [3.63, 3.8) is 0 Å². The van der Waals surface area contributed by atoms with Gasteiger partial charge in [-0.2, -0.15) is 15.0 Å². The molecule has 0 saturated carbocycles. The Hall–Kier alpha value is -4.51. The number of thiazole rings is 1. The maximum atomic E-state index is 13.2. The minimum atomic E-state index is -0.524. The minimum absolute atomic E-state index is 0.0921. The molecule has 0 spiro atoms. The predicted octanol–water partition coefficient (Wildman–Crippen LogP) is 3.73. The lowest BCUT2D eigenvalue weighted by Crippen LogP contribution is -2.26. The Balaban J connectivity index is 1.60. The molecule has 14 heteroatoms. The van der Waals surface area contributed by atoms with E-state index in [1.165, 1.54) is 58.9 Å². The molecule has 5 rings (SSSR count). The van der Waals surface area contributed by atoms with E-state index in [0.717, 1.165) is 14.1 Å². The van der Waals surface area contributed by atoms with E-state index in [2.05, 4.69) is 25.4 Å². The van der Waals surface area contributed by atoms with Crippen LogP contribution in [-0.4, -0.2) is 41.0 Å². The van der Waals surface area contributed by atoms with Crippen LogP contribution < -0.4 is 10.9 Å². The van der Waals surface area contributed by atoms with Crippen molar-refractivity contribution in [2.75, 3.05) is 5.32 Å². The first-order chi connectivity index (χ1) is 18.4. The number of rotatable bonds is 8. The maximum absolute atomic E-state index is 13.2. The number of nitriles is 1. The zero-order valence-electron chi connectivity index (χ0n) is 19.2. The second-order valence-electron chi connectivity index (χ2n) is 7.71. The van der Waals surface area contributed by atoms with Gasteiger partial charge in [-0.1, -0.05) is 11.6 Å². The van der Waals surface area contributed by atoms with E-state index in [9.17, 15) is 19.6 Å². The molecule has 188 valence electrons. The van der Waals surface area contributed by atoms with Gasteiger partial charge in [-0.25, -0.2) is 15.0 Å². The lowest BCUT2D eigenvalue weighted by molar-refractivity contribution is 0.0940. The van der Waals surface area contributed by atoms with Crippen molar-refractivity contribution < 1.29 is 9.59 Å². The largest absolute Gasteiger partial charge is 0.365 e. The van der Waals surface area contributed by atoms with Gasteiger partial charge in [-0.15, -0.1) is 22.7 Å². The Bertz CT molecular complexity index is 1740. The number of nitrogens with one attached hydrogen (secondary N) is 1. The van der Waals surface area contributed by atoms with E-state index in [1.54, 1.807) is 17.5 Å². The quantitative estimate of drug-likeness (QED) is 0.279. The van der Waals surface area contributed by atoms with Crippen LogP contribution in [0.5, 0.6) is 0 Å². The molecule has 0 radical (unpaired) electrons. The number of carbonyl (C=O) groups is 2. The zero-order valence-corrected chi connectivity index (χ0v) is 21.6. The number of nitrogens with zero attached hydrogens (tertiary/aromatic N) is 7. The molecule has 0 bridgehead atoms. The Kier molecular flexibility index (Phi) is 7.18. The third kappa shape index (κ3) is 5.14. The molecule has 0 aliphatic rings. The smallest absolute Gasteiger partial charge is 0.299 e. The van der Waals surface area contributed by atoms with Crippen molar-refractivity contribution in [3.8, 4) is 17.5 Å². The molecule has 0 saturated heterocycles. The highest BCUT2D eigenvalue weighted by atomic mass is 35.5. The highest BCUT2D eigenvalue weighted by Gasteiger charge is 2.23. The lowest BCUT2D eigenvalue weighted by Gasteiger charge is -2.11. The summed E-state index contributed by atoms with van der Waals surface area (Å²) in [7, 11) is 0. The number of halogens is 1. The van der Waals surface area contributed by atoms with Crippen molar-refractivity contribution >= 4 is 51.8 Å². The average Bonchev–Trinajstić information content (AvgIpc) is 3.70. The van der Waals surface area contributed by atoms with E-state index >= 15 is 0 Å². The number of hydrogen-bond donors (Lipinski definition) is 1. The Morgan fingerprint density at radius 1 is 1.13 bits per heavy atom. The molecule has 0 aliphatic heterocycles. The number of aromatic nitrogens is 6. The summed E-state index contributed by atoms with van der Waals surface area (Å²) in [5.74, 6) is -0.669. The van der Waals surface area contributed by atoms with E-state index in [4.69, 9.17) is 11.6 Å². The Morgan fingerprint density at radius 3 is 2.68 bits per heavy atom. The molecular weight excluding hydrogens is 548 g/mol. The summed E-state index contributed by atoms with van der Waals surface area (Å²) in [6.45, 7) is -0.0597. The predicted molar refractivity (Wildman–Crippen MR) is 141 cm³/mol. The zero-order chi connectivity index (χ0) is 26.6. The van der Waals surface area contributed by atoms with Crippen molar-refractivity contribution in [1.82, 2.24) is 29.3 Å². The van der Waals surface area contributed by atoms with Gasteiger partial charge in [-0.3, -0.25) is 19.0 Å². The molecule has 5 aromatic rings. The summed E-state index contributed by atoms with van der Waals surface area (Å²) in [6, 6.07) is 11.2. The monoisotopic (exact) mass is 562 g/mol. The summed E-state index contributed by atoms with van der Waals surface area (Å²) >= 11 is 8.68. The van der Waals surface area contributed by atoms with Crippen LogP contribution in [0.25, 0.3) is 11.4 Å². The first-order valence-corrected chi connectivity index (χ1v) is 13.0. The van der Waals surface area contributed by atoms with Gasteiger partial charge in [-0.05, 0) is 24.3 Å². The van der Waals surface area contributed by atoms with E-state index in [-0.39, 0.29) is 28.3 Å². The van der Waals surface area contributed by atoms with Crippen LogP contribution in [0.2, 0.25) is 4.34 Å². The first-order valence-electron chi connectivity index (χ1n) is 10.9. The number of Topliss-reactive ketones (excluding diaryl/α,β-unsaturated/α-hetero) is 1. The molecule has 5 aromatic heterocycles. The summed E-state index contributed by atoms with van der Waals surface area (Å²) < 4.78 is 2.88. The standard InChI is InChI=1S/C24H15ClN8O3S2/c25-20-3-2-15(38-20)9-28-21-7-17(31-33(21)24(36)18-11-37-13-30-18)23-14(8-26)1-4-22(35)32(23)10-19(34)16-5-6-27-12-29-16/h1-7,11-13,28H,9-10H2. The maximum Gasteiger partial charge on any atom is 0.299 e. The number of carbonyl (C=O) groups excluding carboxylic acids is 2. The fraction of sp³-hybridized carbons (Fsp3) is 0.0833. The van der Waals surface area contributed by atoms with Crippen molar-refractivity contribution in [3.05, 3.63) is 96.3 Å². The van der Waals surface area contributed by atoms with Crippen LogP contribution >= 0.6 is 34.3 Å². The first kappa shape index (κ1) is 25.2. The van der Waals surface area contributed by atoms with E-state index in [0.29, 0.717) is 16.7 Å². The molecule has 0 amide bonds. The highest BCUT2D eigenvalue weighted by Crippen LogP contribution is 2.27. The summed E-state index contributed by atoms with van der Waals surface area (Å²) in [4.78, 5) is 51.8. The average molecular weight is 563 g/mol. The molecule has 0 fully saturated rings. The lowest BCUT2D eigenvalue weighted by atomic mass is 10.1. The van der Waals surface area contributed by atoms with Gasteiger partial charge in [0.15, 0.2) is 0 Å². The van der Waals surface area contributed by atoms with Gasteiger partial charge in [0.1, 0.15) is 35.3 Å². The molecule has 0 aliphatic carbocycles. The van der Waals surface area contributed by atoms with E-state index < -0.39 is 23.8 Å². The molecule has 1 N–H and O–H groups in total. The number of thiophene rings is 1. The SMILES string of the molecule is N#Cc1ccc(=O)n(CC(=O)c2ccncn2)c1-c1cc(NCc2ccc(Cl)s2)n(C(=O)c2cscn2)n1. The van der Waals surface area contributed by atoms with Gasteiger partial charge in [0, 0.05) is 28.6 Å². The second kappa shape index (κ2) is 10.9. The molecule has 0 atom stereocenters. The Labute approximate surface area is 227 Å². The summed E-state index contributed by atoms with van der Waals surface area (Å²) in [5.41, 5.74) is 1.63. The van der Waals surface area contributed by atoms with E-state index in [1.807, 2.05) is 12.1 Å². The van der Waals surface area contributed by atoms with Crippen molar-refractivity contribution in [2.45, 2.75) is 13.1 Å². The normalized spacial score (nSPS) is 10.7. The topological polar surface area (TPSA) is 148 Å². The number of pyridine rings is 1. The van der Waals surface area contributed by atoms with Crippen molar-refractivity contribution in [1.29, 1.82) is 5.26 Å². The van der Waals surface area contributed by atoms with Gasteiger partial charge < -0.3 is 5.32 Å². The highest BCUT2D eigenvalue weighted by molar-refractivity contribution is 7.16. The molecule has 38 heavy (non-hydrogen) atoms. The third-order valence-electron chi connectivity index (χ3n) is 5.34. The van der Waals surface area contributed by atoms with Gasteiger partial charge in [0.05, 0.1) is 34.2 Å². The van der Waals surface area contributed by atoms with Crippen LogP contribution in [0.15, 0.2) is 64.6 Å².